The number of carbonyl (C=O) groups excluding carboxylic acids is 1. The number of nitrogens with zero attached hydrogens (tertiary/aromatic N) is 5. The third kappa shape index (κ3) is 5.13. The largest absolute Gasteiger partial charge is 0.350 e. The molecule has 25 heavy (non-hydrogen) atoms. The molecule has 0 radical (unpaired) electrons. The lowest BCUT2D eigenvalue weighted by Gasteiger charge is -2.27. The van der Waals surface area contributed by atoms with Crippen LogP contribution in [0.5, 0.6) is 0 Å². The van der Waals surface area contributed by atoms with Crippen LogP contribution in [-0.2, 0) is 4.84 Å². The van der Waals surface area contributed by atoms with Crippen LogP contribution in [0, 0.1) is 16.7 Å². The van der Waals surface area contributed by atoms with Gasteiger partial charge in [-0.3, -0.25) is 9.74 Å². The van der Waals surface area contributed by atoms with Crippen molar-refractivity contribution >= 4 is 22.5 Å². The molecule has 0 aliphatic carbocycles. The first-order valence-corrected chi connectivity index (χ1v) is 9.64. The number of hydroxylamine groups is 2. The molecule has 1 atom stereocenters. The van der Waals surface area contributed by atoms with Crippen LogP contribution in [0.1, 0.15) is 65.3 Å². The first-order chi connectivity index (χ1) is 11.9. The molecule has 0 aliphatic rings. The Morgan fingerprint density at radius 3 is 2.48 bits per heavy atom. The maximum atomic E-state index is 12.8. The molecule has 140 valence electrons. The van der Waals surface area contributed by atoms with Gasteiger partial charge in [0.1, 0.15) is 5.01 Å². The molecule has 0 spiro atoms. The fourth-order valence-electron chi connectivity index (χ4n) is 2.61. The monoisotopic (exact) mass is 367 g/mol. The van der Waals surface area contributed by atoms with Crippen LogP contribution >= 0.6 is 11.3 Å². The lowest BCUT2D eigenvalue weighted by molar-refractivity contribution is -0.109. The summed E-state index contributed by atoms with van der Waals surface area (Å²) in [7, 11) is 0. The number of carbonyl (C=O) groups is 1. The van der Waals surface area contributed by atoms with Gasteiger partial charge in [0, 0.05) is 12.5 Å². The van der Waals surface area contributed by atoms with Crippen molar-refractivity contribution in [2.24, 2.45) is 5.41 Å². The lowest BCUT2D eigenvalue weighted by Crippen LogP contribution is -2.43. The van der Waals surface area contributed by atoms with E-state index < -0.39 is 5.41 Å². The van der Waals surface area contributed by atoms with Gasteiger partial charge < -0.3 is 0 Å². The van der Waals surface area contributed by atoms with Gasteiger partial charge in [-0.1, -0.05) is 25.2 Å². The number of rotatable bonds is 9. The van der Waals surface area contributed by atoms with Gasteiger partial charge in [0.15, 0.2) is 0 Å². The van der Waals surface area contributed by atoms with E-state index in [0.717, 1.165) is 17.8 Å². The van der Waals surface area contributed by atoms with Gasteiger partial charge in [0.25, 0.3) is 0 Å². The zero-order valence-electron chi connectivity index (χ0n) is 16.1. The standard InChI is InChI=1S/C17H29N5O2S/c1-7-11-22(24-10-4)16(23)21(9-3)15-20-19-14(25-15)13(8-2)17(5,6)12-18/h13H,7-11H2,1-6H3. The normalized spacial score (nSPS) is 12.5. The highest BCUT2D eigenvalue weighted by Gasteiger charge is 2.33. The summed E-state index contributed by atoms with van der Waals surface area (Å²) in [6.45, 7) is 13.0. The van der Waals surface area contributed by atoms with Crippen molar-refractivity contribution < 1.29 is 9.63 Å². The van der Waals surface area contributed by atoms with Crippen molar-refractivity contribution in [3.8, 4) is 6.07 Å². The summed E-state index contributed by atoms with van der Waals surface area (Å²) < 4.78 is 0. The Hall–Kier alpha value is -1.72. The second-order valence-electron chi connectivity index (χ2n) is 6.26. The summed E-state index contributed by atoms with van der Waals surface area (Å²) in [5.74, 6) is -0.0174. The first-order valence-electron chi connectivity index (χ1n) is 8.82. The van der Waals surface area contributed by atoms with E-state index in [4.69, 9.17) is 4.84 Å². The maximum absolute atomic E-state index is 12.8. The maximum Gasteiger partial charge on any atom is 0.350 e. The number of urea groups is 1. The van der Waals surface area contributed by atoms with Crippen LogP contribution in [0.15, 0.2) is 0 Å². The molecule has 2 amide bonds. The third-order valence-corrected chi connectivity index (χ3v) is 5.06. The second-order valence-corrected chi connectivity index (χ2v) is 7.25. The number of amides is 2. The highest BCUT2D eigenvalue weighted by atomic mass is 32.1. The Morgan fingerprint density at radius 1 is 1.32 bits per heavy atom. The van der Waals surface area contributed by atoms with E-state index in [-0.39, 0.29) is 11.9 Å². The van der Waals surface area contributed by atoms with Gasteiger partial charge in [-0.05, 0) is 40.5 Å². The van der Waals surface area contributed by atoms with Crippen LogP contribution < -0.4 is 4.90 Å². The number of aromatic nitrogens is 2. The number of hydrogen-bond donors (Lipinski definition) is 0. The average molecular weight is 368 g/mol. The molecule has 0 saturated heterocycles. The number of nitriles is 1. The molecule has 1 aromatic rings. The lowest BCUT2D eigenvalue weighted by atomic mass is 9.79. The predicted molar refractivity (Wildman–Crippen MR) is 99.4 cm³/mol. The summed E-state index contributed by atoms with van der Waals surface area (Å²) in [6.07, 6.45) is 1.59. The van der Waals surface area contributed by atoms with Crippen LogP contribution in [0.25, 0.3) is 0 Å². The Balaban J connectivity index is 3.08. The average Bonchev–Trinajstić information content (AvgIpc) is 3.04. The molecule has 1 unspecified atom stereocenters. The Labute approximate surface area is 154 Å². The fourth-order valence-corrected chi connectivity index (χ4v) is 3.88. The van der Waals surface area contributed by atoms with Crippen molar-refractivity contribution in [2.45, 2.75) is 60.3 Å². The molecule has 0 bridgehead atoms. The van der Waals surface area contributed by atoms with Crippen molar-refractivity contribution in [3.63, 3.8) is 0 Å². The van der Waals surface area contributed by atoms with Crippen molar-refractivity contribution in [1.82, 2.24) is 15.3 Å². The molecule has 1 heterocycles. The topological polar surface area (TPSA) is 82.3 Å². The highest BCUT2D eigenvalue weighted by molar-refractivity contribution is 7.15. The van der Waals surface area contributed by atoms with E-state index in [0.29, 0.717) is 24.8 Å². The Bertz CT molecular complexity index is 590. The first kappa shape index (κ1) is 21.3. The smallest absolute Gasteiger partial charge is 0.270 e. The van der Waals surface area contributed by atoms with Crippen LogP contribution in [0.2, 0.25) is 0 Å². The minimum atomic E-state index is -0.536. The van der Waals surface area contributed by atoms with Crippen molar-refractivity contribution in [3.05, 3.63) is 5.01 Å². The summed E-state index contributed by atoms with van der Waals surface area (Å²) in [6, 6.07) is 2.11. The molecule has 7 nitrogen and oxygen atoms in total. The molecule has 0 saturated carbocycles. The van der Waals surface area contributed by atoms with E-state index in [9.17, 15) is 10.1 Å². The predicted octanol–water partition coefficient (Wildman–Crippen LogP) is 4.19. The van der Waals surface area contributed by atoms with Gasteiger partial charge in [0.05, 0.1) is 24.6 Å². The van der Waals surface area contributed by atoms with Gasteiger partial charge in [-0.15, -0.1) is 10.2 Å². The minimum absolute atomic E-state index is 0.0174. The summed E-state index contributed by atoms with van der Waals surface area (Å²) in [5.41, 5.74) is -0.536. The van der Waals surface area contributed by atoms with E-state index in [1.165, 1.54) is 16.4 Å². The molecule has 1 rings (SSSR count). The SMILES string of the molecule is CCCN(OCC)C(=O)N(CC)c1nnc(C(CC)C(C)(C)C#N)s1. The molecule has 0 N–H and O–H groups in total. The zero-order valence-corrected chi connectivity index (χ0v) is 16.9. The fraction of sp³-hybridized carbons (Fsp3) is 0.765. The van der Waals surface area contributed by atoms with Crippen molar-refractivity contribution in [2.75, 3.05) is 24.6 Å². The number of hydrogen-bond acceptors (Lipinski definition) is 6. The van der Waals surface area contributed by atoms with Crippen LogP contribution in [0.3, 0.4) is 0 Å². The summed E-state index contributed by atoms with van der Waals surface area (Å²) >= 11 is 1.37. The molecular weight excluding hydrogens is 338 g/mol. The van der Waals surface area contributed by atoms with Crippen LogP contribution in [0.4, 0.5) is 9.93 Å². The van der Waals surface area contributed by atoms with E-state index in [1.54, 1.807) is 4.90 Å². The van der Waals surface area contributed by atoms with Gasteiger partial charge in [0.2, 0.25) is 5.13 Å². The molecular formula is C17H29N5O2S. The van der Waals surface area contributed by atoms with E-state index in [2.05, 4.69) is 16.3 Å². The molecule has 1 aromatic heterocycles. The third-order valence-electron chi connectivity index (χ3n) is 4.00. The molecule has 0 aromatic carbocycles. The Morgan fingerprint density at radius 2 is 2.00 bits per heavy atom. The minimum Gasteiger partial charge on any atom is -0.270 e. The Kier molecular flexibility index (Phi) is 8.26. The summed E-state index contributed by atoms with van der Waals surface area (Å²) in [4.78, 5) is 19.8. The van der Waals surface area contributed by atoms with Gasteiger partial charge >= 0.3 is 6.03 Å². The van der Waals surface area contributed by atoms with E-state index >= 15 is 0 Å². The second kappa shape index (κ2) is 9.68. The quantitative estimate of drug-likeness (QED) is 0.611. The van der Waals surface area contributed by atoms with Gasteiger partial charge in [-0.2, -0.15) is 5.26 Å². The zero-order chi connectivity index (χ0) is 19.0. The van der Waals surface area contributed by atoms with Crippen molar-refractivity contribution in [1.29, 1.82) is 5.26 Å². The number of anilines is 1. The summed E-state index contributed by atoms with van der Waals surface area (Å²) in [5, 5.41) is 20.6. The molecule has 0 aliphatic heterocycles. The molecule has 0 fully saturated rings. The molecule has 8 heteroatoms. The van der Waals surface area contributed by atoms with Gasteiger partial charge in [-0.25, -0.2) is 9.86 Å². The van der Waals surface area contributed by atoms with E-state index in [1.807, 2.05) is 41.5 Å². The highest BCUT2D eigenvalue weighted by Crippen LogP contribution is 2.40. The van der Waals surface area contributed by atoms with Crippen LogP contribution in [-0.4, -0.2) is 41.0 Å².